The maximum Gasteiger partial charge on any atom is -0.000714 e. The van der Waals surface area contributed by atoms with Crippen LogP contribution in [0.25, 0.3) is 0 Å². The van der Waals surface area contributed by atoms with Crippen molar-refractivity contribution in [1.82, 2.24) is 5.32 Å². The molecule has 2 rings (SSSR count). The second kappa shape index (κ2) is 3.71. The third kappa shape index (κ3) is 2.11. The van der Waals surface area contributed by atoms with Crippen LogP contribution in [-0.2, 0) is 0 Å². The van der Waals surface area contributed by atoms with Gasteiger partial charge in [0.1, 0.15) is 0 Å². The summed E-state index contributed by atoms with van der Waals surface area (Å²) < 4.78 is 0. The van der Waals surface area contributed by atoms with E-state index in [2.05, 4.69) is 37.8 Å². The molecule has 2 unspecified atom stereocenters. The van der Waals surface area contributed by atoms with Gasteiger partial charge in [0.15, 0.2) is 0 Å². The van der Waals surface area contributed by atoms with Gasteiger partial charge in [-0.25, -0.2) is 0 Å². The third-order valence-corrected chi connectivity index (χ3v) is 5.48. The molecule has 0 amide bonds. The van der Waals surface area contributed by atoms with Gasteiger partial charge in [-0.15, -0.1) is 0 Å². The van der Waals surface area contributed by atoms with Crippen molar-refractivity contribution < 1.29 is 0 Å². The average Bonchev–Trinajstić information content (AvgIpc) is 2.72. The molecule has 0 radical (unpaired) electrons. The zero-order valence-electron chi connectivity index (χ0n) is 9.73. The van der Waals surface area contributed by atoms with E-state index in [1.54, 1.807) is 0 Å². The molecule has 0 aromatic carbocycles. The topological polar surface area (TPSA) is 12.0 Å². The Morgan fingerprint density at radius 2 is 2.14 bits per heavy atom. The largest absolute Gasteiger partial charge is 0.317 e. The highest BCUT2D eigenvalue weighted by Crippen LogP contribution is 2.62. The van der Waals surface area contributed by atoms with Crippen LogP contribution in [0.1, 0.15) is 33.6 Å². The molecule has 1 saturated carbocycles. The lowest BCUT2D eigenvalue weighted by atomic mass is 9.81. The molecule has 0 aromatic rings. The van der Waals surface area contributed by atoms with Gasteiger partial charge in [-0.3, -0.25) is 0 Å². The molecule has 1 aliphatic heterocycles. The molecule has 82 valence electrons. The van der Waals surface area contributed by atoms with Gasteiger partial charge in [-0.05, 0) is 54.2 Å². The van der Waals surface area contributed by atoms with Gasteiger partial charge in [0.05, 0.1) is 0 Å². The molecule has 1 saturated heterocycles. The second-order valence-electron chi connectivity index (χ2n) is 5.90. The van der Waals surface area contributed by atoms with Crippen molar-refractivity contribution in [3.63, 3.8) is 0 Å². The lowest BCUT2D eigenvalue weighted by molar-refractivity contribution is 0.273. The van der Waals surface area contributed by atoms with Crippen molar-refractivity contribution in [2.24, 2.45) is 16.7 Å². The third-order valence-electron chi connectivity index (χ3n) is 3.71. The van der Waals surface area contributed by atoms with Gasteiger partial charge in [0.2, 0.25) is 0 Å². The van der Waals surface area contributed by atoms with Crippen molar-refractivity contribution in [2.45, 2.75) is 33.6 Å². The van der Waals surface area contributed by atoms with E-state index < -0.39 is 0 Å². The van der Waals surface area contributed by atoms with Crippen molar-refractivity contribution in [2.75, 3.05) is 24.6 Å². The fraction of sp³-hybridized carbons (Fsp3) is 1.00. The lowest BCUT2D eigenvalue weighted by Gasteiger charge is -2.36. The van der Waals surface area contributed by atoms with E-state index in [0.29, 0.717) is 5.41 Å². The van der Waals surface area contributed by atoms with Crippen LogP contribution in [0.15, 0.2) is 0 Å². The first-order chi connectivity index (χ1) is 6.58. The van der Waals surface area contributed by atoms with E-state index in [0.717, 1.165) is 17.9 Å². The summed E-state index contributed by atoms with van der Waals surface area (Å²) in [5.41, 5.74) is 1.32. The fourth-order valence-corrected chi connectivity index (χ4v) is 4.64. The predicted molar refractivity (Wildman–Crippen MR) is 64.8 cm³/mol. The van der Waals surface area contributed by atoms with Crippen molar-refractivity contribution >= 4 is 11.8 Å². The minimum atomic E-state index is 0.587. The van der Waals surface area contributed by atoms with Gasteiger partial charge in [0, 0.05) is 0 Å². The van der Waals surface area contributed by atoms with E-state index in [1.807, 2.05) is 0 Å². The Kier molecular flexibility index (Phi) is 2.87. The Morgan fingerprint density at radius 1 is 1.36 bits per heavy atom. The summed E-state index contributed by atoms with van der Waals surface area (Å²) >= 11 is 2.18. The molecule has 14 heavy (non-hydrogen) atoms. The predicted octanol–water partition coefficient (Wildman–Crippen LogP) is 2.77. The van der Waals surface area contributed by atoms with Crippen LogP contribution in [0, 0.1) is 16.7 Å². The van der Waals surface area contributed by atoms with Crippen LogP contribution in [-0.4, -0.2) is 24.6 Å². The highest BCUT2D eigenvalue weighted by Gasteiger charge is 2.56. The Morgan fingerprint density at radius 3 is 2.79 bits per heavy atom. The molecule has 1 aliphatic carbocycles. The van der Waals surface area contributed by atoms with Gasteiger partial charge < -0.3 is 5.32 Å². The second-order valence-corrected chi connectivity index (χ2v) is 6.89. The van der Waals surface area contributed by atoms with E-state index in [4.69, 9.17) is 0 Å². The molecule has 1 spiro atoms. The van der Waals surface area contributed by atoms with Crippen molar-refractivity contribution in [1.29, 1.82) is 0 Å². The zero-order chi connectivity index (χ0) is 10.2. The lowest BCUT2D eigenvalue weighted by Crippen LogP contribution is -2.30. The summed E-state index contributed by atoms with van der Waals surface area (Å²) in [6.07, 6.45) is 2.94. The fourth-order valence-electron chi connectivity index (χ4n) is 3.02. The quantitative estimate of drug-likeness (QED) is 0.773. The Balaban J connectivity index is 1.87. The summed E-state index contributed by atoms with van der Waals surface area (Å²) in [5, 5.41) is 3.50. The number of hydrogen-bond acceptors (Lipinski definition) is 2. The van der Waals surface area contributed by atoms with Gasteiger partial charge in [-0.2, -0.15) is 11.8 Å². The van der Waals surface area contributed by atoms with E-state index in [-0.39, 0.29) is 0 Å². The molecule has 2 aliphatic rings. The molecule has 2 atom stereocenters. The molecule has 0 bridgehead atoms. The molecular formula is C12H23NS. The maximum absolute atomic E-state index is 3.50. The molecule has 2 heteroatoms. The molecule has 1 nitrogen and oxygen atoms in total. The van der Waals surface area contributed by atoms with Crippen LogP contribution < -0.4 is 5.32 Å². The molecule has 0 aromatic heterocycles. The highest BCUT2D eigenvalue weighted by atomic mass is 32.2. The van der Waals surface area contributed by atoms with E-state index in [1.165, 1.54) is 30.9 Å². The summed E-state index contributed by atoms with van der Waals surface area (Å²) in [7, 11) is 0. The smallest absolute Gasteiger partial charge is 0.000714 e. The Labute approximate surface area is 92.4 Å². The minimum Gasteiger partial charge on any atom is -0.317 e. The highest BCUT2D eigenvalue weighted by molar-refractivity contribution is 7.99. The molecule has 1 N–H and O–H groups in total. The van der Waals surface area contributed by atoms with Crippen LogP contribution >= 0.6 is 11.8 Å². The summed E-state index contributed by atoms with van der Waals surface area (Å²) in [6.45, 7) is 9.46. The minimum absolute atomic E-state index is 0.587. The first-order valence-corrected chi connectivity index (χ1v) is 7.02. The summed E-state index contributed by atoms with van der Waals surface area (Å²) in [4.78, 5) is 0. The normalized spacial score (nSPS) is 40.1. The van der Waals surface area contributed by atoms with Crippen LogP contribution in [0.4, 0.5) is 0 Å². The Bertz CT molecular complexity index is 214. The summed E-state index contributed by atoms with van der Waals surface area (Å²) in [6, 6.07) is 0. The van der Waals surface area contributed by atoms with Crippen LogP contribution in [0.2, 0.25) is 0 Å². The van der Waals surface area contributed by atoms with Gasteiger partial charge >= 0.3 is 0 Å². The molecule has 2 fully saturated rings. The molecular weight excluding hydrogens is 190 g/mol. The van der Waals surface area contributed by atoms with Gasteiger partial charge in [0.25, 0.3) is 0 Å². The van der Waals surface area contributed by atoms with Crippen molar-refractivity contribution in [3.8, 4) is 0 Å². The molecule has 1 heterocycles. The first kappa shape index (κ1) is 10.8. The van der Waals surface area contributed by atoms with E-state index in [9.17, 15) is 0 Å². The maximum atomic E-state index is 3.50. The summed E-state index contributed by atoms with van der Waals surface area (Å²) in [5.74, 6) is 3.77. The monoisotopic (exact) mass is 213 g/mol. The van der Waals surface area contributed by atoms with Gasteiger partial charge in [-0.1, -0.05) is 20.8 Å². The van der Waals surface area contributed by atoms with Crippen molar-refractivity contribution in [3.05, 3.63) is 0 Å². The SMILES string of the molecule is CCNCC1CC12CSCC(C)(C)C2. The number of nitrogens with one attached hydrogen (secondary N) is 1. The van der Waals surface area contributed by atoms with E-state index >= 15 is 0 Å². The average molecular weight is 213 g/mol. The first-order valence-electron chi connectivity index (χ1n) is 5.86. The standard InChI is InChI=1S/C12H23NS/c1-4-13-6-10-5-12(10)7-11(2,3)8-14-9-12/h10,13H,4-9H2,1-3H3. The Hall–Kier alpha value is 0.310. The number of rotatable bonds is 3. The van der Waals surface area contributed by atoms with Crippen LogP contribution in [0.5, 0.6) is 0 Å². The van der Waals surface area contributed by atoms with Crippen LogP contribution in [0.3, 0.4) is 0 Å². The number of thioether (sulfide) groups is 1. The zero-order valence-corrected chi connectivity index (χ0v) is 10.5. The number of hydrogen-bond donors (Lipinski definition) is 1.